The summed E-state index contributed by atoms with van der Waals surface area (Å²) in [4.78, 5) is 16.1. The molecule has 0 amide bonds. The van der Waals surface area contributed by atoms with Crippen LogP contribution in [0.1, 0.15) is 29.1 Å². The van der Waals surface area contributed by atoms with E-state index in [4.69, 9.17) is 9.15 Å². The van der Waals surface area contributed by atoms with Gasteiger partial charge in [-0.3, -0.25) is 0 Å². The first-order valence-corrected chi connectivity index (χ1v) is 6.96. The zero-order chi connectivity index (χ0) is 13.9. The molecular weight excluding hydrogens is 278 g/mol. The Morgan fingerprint density at radius 1 is 1.35 bits per heavy atom. The van der Waals surface area contributed by atoms with Gasteiger partial charge in [0.15, 0.2) is 6.61 Å². The van der Waals surface area contributed by atoms with Crippen LogP contribution in [0, 0.1) is 0 Å². The number of benzene rings is 1. The molecule has 0 spiro atoms. The van der Waals surface area contributed by atoms with E-state index in [0.717, 1.165) is 10.2 Å². The molecule has 20 heavy (non-hydrogen) atoms. The van der Waals surface area contributed by atoms with Crippen LogP contribution in [0.25, 0.3) is 10.2 Å². The largest absolute Gasteiger partial charge is 0.452 e. The number of rotatable bonds is 4. The first-order chi connectivity index (χ1) is 9.76. The fourth-order valence-corrected chi connectivity index (χ4v) is 2.40. The summed E-state index contributed by atoms with van der Waals surface area (Å²) in [6, 6.07) is 5.25. The van der Waals surface area contributed by atoms with Crippen molar-refractivity contribution in [1.82, 2.24) is 15.2 Å². The molecule has 0 saturated carbocycles. The number of hydrogen-bond acceptors (Lipinski definition) is 7. The zero-order valence-electron chi connectivity index (χ0n) is 10.7. The van der Waals surface area contributed by atoms with Gasteiger partial charge in [-0.2, -0.15) is 0 Å². The number of aryl methyl sites for hydroxylation is 1. The molecule has 3 rings (SSSR count). The molecular formula is C13H11N3O3S. The summed E-state index contributed by atoms with van der Waals surface area (Å²) < 4.78 is 11.4. The molecule has 0 saturated heterocycles. The quantitative estimate of drug-likeness (QED) is 0.687. The van der Waals surface area contributed by atoms with E-state index in [-0.39, 0.29) is 6.61 Å². The minimum Gasteiger partial charge on any atom is -0.452 e. The van der Waals surface area contributed by atoms with Crippen molar-refractivity contribution in [2.45, 2.75) is 20.0 Å². The van der Waals surface area contributed by atoms with Crippen molar-refractivity contribution >= 4 is 27.5 Å². The molecule has 0 N–H and O–H groups in total. The van der Waals surface area contributed by atoms with Crippen LogP contribution in [0.15, 0.2) is 28.1 Å². The molecule has 2 heterocycles. The summed E-state index contributed by atoms with van der Waals surface area (Å²) in [5.74, 6) is 0.410. The minimum absolute atomic E-state index is 0.0213. The number of nitrogens with zero attached hydrogens (tertiary/aromatic N) is 3. The lowest BCUT2D eigenvalue weighted by Gasteiger charge is -2.01. The van der Waals surface area contributed by atoms with E-state index in [0.29, 0.717) is 23.8 Å². The number of aromatic nitrogens is 3. The number of esters is 1. The molecule has 0 unspecified atom stereocenters. The van der Waals surface area contributed by atoms with E-state index in [1.54, 1.807) is 23.7 Å². The van der Waals surface area contributed by atoms with Crippen LogP contribution < -0.4 is 0 Å². The average molecular weight is 289 g/mol. The van der Waals surface area contributed by atoms with E-state index in [1.807, 2.05) is 6.92 Å². The highest BCUT2D eigenvalue weighted by Gasteiger charge is 2.11. The highest BCUT2D eigenvalue weighted by Crippen LogP contribution is 2.19. The lowest BCUT2D eigenvalue weighted by molar-refractivity contribution is 0.0437. The third-order valence-corrected chi connectivity index (χ3v) is 3.50. The number of hydrogen-bond donors (Lipinski definition) is 0. The van der Waals surface area contributed by atoms with Gasteiger partial charge in [0.25, 0.3) is 5.89 Å². The van der Waals surface area contributed by atoms with Crippen LogP contribution in [0.2, 0.25) is 0 Å². The molecule has 0 bridgehead atoms. The molecule has 0 fully saturated rings. The highest BCUT2D eigenvalue weighted by molar-refractivity contribution is 7.16. The Kier molecular flexibility index (Phi) is 3.42. The highest BCUT2D eigenvalue weighted by atomic mass is 32.1. The zero-order valence-corrected chi connectivity index (χ0v) is 11.5. The topological polar surface area (TPSA) is 78.1 Å². The number of carbonyl (C=O) groups excluding carboxylic acids is 1. The minimum atomic E-state index is -0.420. The van der Waals surface area contributed by atoms with Crippen molar-refractivity contribution in [3.05, 3.63) is 41.1 Å². The van der Waals surface area contributed by atoms with Crippen molar-refractivity contribution < 1.29 is 13.9 Å². The van der Waals surface area contributed by atoms with Crippen molar-refractivity contribution in [2.24, 2.45) is 0 Å². The second-order valence-corrected chi connectivity index (χ2v) is 4.94. The second-order valence-electron chi connectivity index (χ2n) is 4.05. The van der Waals surface area contributed by atoms with E-state index in [2.05, 4.69) is 15.2 Å². The lowest BCUT2D eigenvalue weighted by Crippen LogP contribution is -2.05. The summed E-state index contributed by atoms with van der Waals surface area (Å²) in [5, 5.41) is 7.60. The summed E-state index contributed by atoms with van der Waals surface area (Å²) in [7, 11) is 0. The monoisotopic (exact) mass is 289 g/mol. The third-order valence-electron chi connectivity index (χ3n) is 2.70. The molecule has 6 nitrogen and oxygen atoms in total. The van der Waals surface area contributed by atoms with E-state index < -0.39 is 5.97 Å². The maximum atomic E-state index is 11.9. The van der Waals surface area contributed by atoms with Gasteiger partial charge in [0.1, 0.15) is 0 Å². The van der Waals surface area contributed by atoms with Crippen LogP contribution in [0.3, 0.4) is 0 Å². The SMILES string of the molecule is CCc1nnc(COC(=O)c2ccc3ncsc3c2)o1. The molecule has 102 valence electrons. The predicted octanol–water partition coefficient (Wildman–Crippen LogP) is 2.60. The Bertz CT molecular complexity index is 750. The fourth-order valence-electron chi connectivity index (χ4n) is 1.68. The molecule has 0 atom stereocenters. The van der Waals surface area contributed by atoms with Gasteiger partial charge in [-0.15, -0.1) is 21.5 Å². The molecule has 0 aliphatic rings. The van der Waals surface area contributed by atoms with Gasteiger partial charge in [-0.05, 0) is 18.2 Å². The second kappa shape index (κ2) is 5.38. The average Bonchev–Trinajstić information content (AvgIpc) is 3.12. The van der Waals surface area contributed by atoms with Crippen LogP contribution in [-0.2, 0) is 17.8 Å². The lowest BCUT2D eigenvalue weighted by atomic mass is 10.2. The molecule has 1 aromatic carbocycles. The van der Waals surface area contributed by atoms with Crippen LogP contribution >= 0.6 is 11.3 Å². The van der Waals surface area contributed by atoms with Gasteiger partial charge < -0.3 is 9.15 Å². The number of thiazole rings is 1. The van der Waals surface area contributed by atoms with Crippen LogP contribution in [-0.4, -0.2) is 21.2 Å². The summed E-state index contributed by atoms with van der Waals surface area (Å²) in [6.45, 7) is 1.89. The number of ether oxygens (including phenoxy) is 1. The Morgan fingerprint density at radius 2 is 2.20 bits per heavy atom. The van der Waals surface area contributed by atoms with Gasteiger partial charge in [0, 0.05) is 6.42 Å². The molecule has 0 radical (unpaired) electrons. The number of fused-ring (bicyclic) bond motifs is 1. The van der Waals surface area contributed by atoms with Gasteiger partial charge in [-0.25, -0.2) is 9.78 Å². The maximum Gasteiger partial charge on any atom is 0.338 e. The van der Waals surface area contributed by atoms with Gasteiger partial charge in [0.2, 0.25) is 5.89 Å². The standard InChI is InChI=1S/C13H11N3O3S/c1-2-11-15-16-12(19-11)6-18-13(17)8-3-4-9-10(5-8)20-7-14-9/h3-5,7H,2,6H2,1H3. The Balaban J connectivity index is 1.69. The van der Waals surface area contributed by atoms with Crippen LogP contribution in [0.5, 0.6) is 0 Å². The summed E-state index contributed by atoms with van der Waals surface area (Å²) in [5.41, 5.74) is 3.10. The molecule has 7 heteroatoms. The van der Waals surface area contributed by atoms with E-state index in [9.17, 15) is 4.79 Å². The Morgan fingerprint density at radius 3 is 3.00 bits per heavy atom. The van der Waals surface area contributed by atoms with Crippen molar-refractivity contribution in [3.63, 3.8) is 0 Å². The van der Waals surface area contributed by atoms with Gasteiger partial charge in [-0.1, -0.05) is 6.92 Å². The maximum absolute atomic E-state index is 11.9. The van der Waals surface area contributed by atoms with Crippen molar-refractivity contribution in [2.75, 3.05) is 0 Å². The summed E-state index contributed by atoms with van der Waals surface area (Å²) in [6.07, 6.45) is 0.656. The Labute approximate surface area is 118 Å². The van der Waals surface area contributed by atoms with E-state index in [1.165, 1.54) is 11.3 Å². The fraction of sp³-hybridized carbons (Fsp3) is 0.231. The first-order valence-electron chi connectivity index (χ1n) is 6.08. The predicted molar refractivity (Wildman–Crippen MR) is 72.4 cm³/mol. The molecule has 0 aliphatic carbocycles. The van der Waals surface area contributed by atoms with Crippen LogP contribution in [0.4, 0.5) is 0 Å². The van der Waals surface area contributed by atoms with E-state index >= 15 is 0 Å². The van der Waals surface area contributed by atoms with Crippen molar-refractivity contribution in [3.8, 4) is 0 Å². The normalized spacial score (nSPS) is 10.8. The Hall–Kier alpha value is -2.28. The van der Waals surface area contributed by atoms with Gasteiger partial charge in [0.05, 0.1) is 21.3 Å². The van der Waals surface area contributed by atoms with Gasteiger partial charge >= 0.3 is 5.97 Å². The van der Waals surface area contributed by atoms with Crippen molar-refractivity contribution in [1.29, 1.82) is 0 Å². The first kappa shape index (κ1) is 12.7. The molecule has 0 aliphatic heterocycles. The summed E-state index contributed by atoms with van der Waals surface area (Å²) >= 11 is 1.48. The molecule has 3 aromatic rings. The third kappa shape index (κ3) is 2.53. The number of carbonyl (C=O) groups is 1. The smallest absolute Gasteiger partial charge is 0.338 e. The molecule has 2 aromatic heterocycles.